The molecule has 232 valence electrons. The van der Waals surface area contributed by atoms with Crippen LogP contribution in [0.3, 0.4) is 0 Å². The van der Waals surface area contributed by atoms with Gasteiger partial charge in [0.2, 0.25) is 0 Å². The number of aromatic amines is 1. The third kappa shape index (κ3) is 6.33. The van der Waals surface area contributed by atoms with Gasteiger partial charge in [0.1, 0.15) is 35.4 Å². The number of rotatable bonds is 13. The van der Waals surface area contributed by atoms with Crippen LogP contribution in [0.15, 0.2) is 101 Å². The maximum atomic E-state index is 12.7. The summed E-state index contributed by atoms with van der Waals surface area (Å²) in [5.74, 6) is 1.37. The summed E-state index contributed by atoms with van der Waals surface area (Å²) in [6, 6.07) is 26.1. The summed E-state index contributed by atoms with van der Waals surface area (Å²) in [7, 11) is 4.74. The number of methoxy groups -OCH3 is 3. The normalized spacial score (nSPS) is 20.0. The average Bonchev–Trinajstić information content (AvgIpc) is 3.36. The van der Waals surface area contributed by atoms with Crippen molar-refractivity contribution in [2.75, 3.05) is 41.2 Å². The minimum absolute atomic E-state index is 0.0904. The van der Waals surface area contributed by atoms with Crippen LogP contribution in [0.5, 0.6) is 11.5 Å². The largest absolute Gasteiger partial charge is 0.497 e. The zero-order chi connectivity index (χ0) is 31.1. The topological polar surface area (TPSA) is 130 Å². The second-order valence-corrected chi connectivity index (χ2v) is 10.2. The number of aliphatic hydroxyl groups is 1. The Hall–Kier alpha value is -4.26. The lowest BCUT2D eigenvalue weighted by molar-refractivity contribution is -0.0994. The predicted octanol–water partition coefficient (Wildman–Crippen LogP) is 2.85. The van der Waals surface area contributed by atoms with Gasteiger partial charge in [0.05, 0.1) is 34.0 Å². The van der Waals surface area contributed by atoms with E-state index in [0.29, 0.717) is 11.5 Å². The molecule has 1 fully saturated rings. The van der Waals surface area contributed by atoms with Crippen molar-refractivity contribution in [2.24, 2.45) is 0 Å². The van der Waals surface area contributed by atoms with Gasteiger partial charge in [-0.05, 0) is 41.0 Å². The van der Waals surface area contributed by atoms with Crippen LogP contribution in [-0.2, 0) is 24.5 Å². The Balaban J connectivity index is 1.55. The van der Waals surface area contributed by atoms with Crippen molar-refractivity contribution in [1.82, 2.24) is 9.55 Å². The molecule has 0 saturated carbocycles. The van der Waals surface area contributed by atoms with Crippen LogP contribution in [-0.4, -0.2) is 74.1 Å². The number of nitrogens with zero attached hydrogens (tertiary/aromatic N) is 1. The molecular weight excluding hydrogens is 568 g/mol. The van der Waals surface area contributed by atoms with Crippen molar-refractivity contribution in [3.8, 4) is 11.5 Å². The summed E-state index contributed by atoms with van der Waals surface area (Å²) >= 11 is 0. The minimum Gasteiger partial charge on any atom is -0.497 e. The highest BCUT2D eigenvalue weighted by molar-refractivity contribution is 5.49. The first-order valence-corrected chi connectivity index (χ1v) is 14.2. The van der Waals surface area contributed by atoms with Crippen molar-refractivity contribution < 1.29 is 33.5 Å². The highest BCUT2D eigenvalue weighted by Crippen LogP contribution is 2.43. The molecule has 0 radical (unpaired) electrons. The van der Waals surface area contributed by atoms with Gasteiger partial charge in [-0.2, -0.15) is 0 Å². The molecule has 3 aromatic carbocycles. The van der Waals surface area contributed by atoms with Crippen molar-refractivity contribution >= 4 is 0 Å². The molecule has 2 N–H and O–H groups in total. The summed E-state index contributed by atoms with van der Waals surface area (Å²) in [5.41, 5.74) is 0.0678. The first-order chi connectivity index (χ1) is 21.4. The van der Waals surface area contributed by atoms with Crippen LogP contribution in [0, 0.1) is 0 Å². The Morgan fingerprint density at radius 3 is 1.95 bits per heavy atom. The Morgan fingerprint density at radius 1 is 0.818 bits per heavy atom. The van der Waals surface area contributed by atoms with E-state index in [4.69, 9.17) is 28.4 Å². The van der Waals surface area contributed by atoms with Gasteiger partial charge in [-0.3, -0.25) is 14.3 Å². The molecule has 5 rings (SSSR count). The van der Waals surface area contributed by atoms with E-state index < -0.39 is 41.4 Å². The lowest BCUT2D eigenvalue weighted by Crippen LogP contribution is -2.41. The van der Waals surface area contributed by atoms with Gasteiger partial charge >= 0.3 is 5.69 Å². The van der Waals surface area contributed by atoms with Crippen LogP contribution >= 0.6 is 0 Å². The van der Waals surface area contributed by atoms with Crippen LogP contribution in [0.25, 0.3) is 0 Å². The van der Waals surface area contributed by atoms with Crippen LogP contribution < -0.4 is 20.7 Å². The highest BCUT2D eigenvalue weighted by atomic mass is 16.6. The summed E-state index contributed by atoms with van der Waals surface area (Å²) in [6.45, 7) is 0.325. The van der Waals surface area contributed by atoms with E-state index in [1.807, 2.05) is 78.9 Å². The summed E-state index contributed by atoms with van der Waals surface area (Å²) in [6.07, 6.45) is -2.76. The second kappa shape index (κ2) is 14.0. The standard InChI is InChI=1S/C33H36N2O9/c1-39-19-20-42-30-29(37)27(44-31(30)35-18-17-28(36)34-32(35)38)21-43-33(22-7-5-4-6-8-22,23-9-13-25(40-2)14-10-23)24-11-15-26(41-3)16-12-24/h4-18,27,29-31,37H,19-21H2,1-3H3,(H,34,36,38)/t27-,29?,30?,31-/m0/s1. The molecule has 2 heterocycles. The molecule has 1 aliphatic heterocycles. The molecule has 4 aromatic rings. The number of hydrogen-bond acceptors (Lipinski definition) is 9. The van der Waals surface area contributed by atoms with Crippen molar-refractivity contribution in [1.29, 1.82) is 0 Å². The number of aromatic nitrogens is 2. The minimum atomic E-state index is -1.18. The van der Waals surface area contributed by atoms with E-state index in [9.17, 15) is 14.7 Å². The van der Waals surface area contributed by atoms with Crippen LogP contribution in [0.4, 0.5) is 0 Å². The number of ether oxygens (including phenoxy) is 6. The SMILES string of the molecule is COCCOC1C(O)[C@H](COC(c2ccccc2)(c2ccc(OC)cc2)c2ccc(OC)cc2)O[C@@H]1n1ccc(=O)[nH]c1=O. The number of H-pyrrole nitrogens is 1. The molecule has 1 saturated heterocycles. The van der Waals surface area contributed by atoms with Crippen LogP contribution in [0.2, 0.25) is 0 Å². The third-order valence-electron chi connectivity index (χ3n) is 7.67. The zero-order valence-electron chi connectivity index (χ0n) is 24.8. The Kier molecular flexibility index (Phi) is 9.93. The number of nitrogens with one attached hydrogen (secondary N) is 1. The maximum Gasteiger partial charge on any atom is 0.330 e. The molecular formula is C33H36N2O9. The molecule has 4 atom stereocenters. The first-order valence-electron chi connectivity index (χ1n) is 14.2. The van der Waals surface area contributed by atoms with E-state index in [1.165, 1.54) is 23.9 Å². The molecule has 0 amide bonds. The van der Waals surface area contributed by atoms with E-state index in [-0.39, 0.29) is 19.8 Å². The fourth-order valence-electron chi connectivity index (χ4n) is 5.44. The molecule has 0 spiro atoms. The fraction of sp³-hybridized carbons (Fsp3) is 0.333. The lowest BCUT2D eigenvalue weighted by atomic mass is 9.80. The van der Waals surface area contributed by atoms with Gasteiger partial charge in [0, 0.05) is 19.4 Å². The van der Waals surface area contributed by atoms with Crippen molar-refractivity contribution in [3.63, 3.8) is 0 Å². The molecule has 1 aromatic heterocycles. The number of benzene rings is 3. The Labute approximate surface area is 254 Å². The number of aliphatic hydroxyl groups excluding tert-OH is 1. The van der Waals surface area contributed by atoms with E-state index >= 15 is 0 Å². The number of hydrogen-bond donors (Lipinski definition) is 2. The smallest absolute Gasteiger partial charge is 0.330 e. The molecule has 11 heteroatoms. The lowest BCUT2D eigenvalue weighted by Gasteiger charge is -2.37. The fourth-order valence-corrected chi connectivity index (χ4v) is 5.44. The second-order valence-electron chi connectivity index (χ2n) is 10.2. The van der Waals surface area contributed by atoms with Crippen LogP contribution in [0.1, 0.15) is 22.9 Å². The van der Waals surface area contributed by atoms with Gasteiger partial charge in [0.25, 0.3) is 5.56 Å². The maximum absolute atomic E-state index is 12.7. The average molecular weight is 605 g/mol. The molecule has 0 aliphatic carbocycles. The quantitative estimate of drug-likeness (QED) is 0.175. The molecule has 0 bridgehead atoms. The summed E-state index contributed by atoms with van der Waals surface area (Å²) < 4.78 is 36.2. The molecule has 44 heavy (non-hydrogen) atoms. The zero-order valence-corrected chi connectivity index (χ0v) is 24.8. The van der Waals surface area contributed by atoms with Gasteiger partial charge < -0.3 is 33.5 Å². The molecule has 2 unspecified atom stereocenters. The monoisotopic (exact) mass is 604 g/mol. The van der Waals surface area contributed by atoms with E-state index in [0.717, 1.165) is 16.7 Å². The Morgan fingerprint density at radius 2 is 1.41 bits per heavy atom. The molecule has 1 aliphatic rings. The summed E-state index contributed by atoms with van der Waals surface area (Å²) in [4.78, 5) is 26.7. The third-order valence-corrected chi connectivity index (χ3v) is 7.67. The van der Waals surface area contributed by atoms with E-state index in [1.54, 1.807) is 14.2 Å². The summed E-state index contributed by atoms with van der Waals surface area (Å²) in [5, 5.41) is 11.5. The molecule has 11 nitrogen and oxygen atoms in total. The van der Waals surface area contributed by atoms with Gasteiger partial charge in [0.15, 0.2) is 6.23 Å². The van der Waals surface area contributed by atoms with Gasteiger partial charge in [-0.1, -0.05) is 54.6 Å². The predicted molar refractivity (Wildman–Crippen MR) is 161 cm³/mol. The van der Waals surface area contributed by atoms with Crippen molar-refractivity contribution in [3.05, 3.63) is 129 Å². The van der Waals surface area contributed by atoms with Gasteiger partial charge in [-0.15, -0.1) is 0 Å². The van der Waals surface area contributed by atoms with E-state index in [2.05, 4.69) is 4.98 Å². The van der Waals surface area contributed by atoms with Crippen molar-refractivity contribution in [2.45, 2.75) is 30.1 Å². The first kappa shape index (κ1) is 31.2. The van der Waals surface area contributed by atoms with Gasteiger partial charge in [-0.25, -0.2) is 4.79 Å². The Bertz CT molecular complexity index is 1560. The highest BCUT2D eigenvalue weighted by Gasteiger charge is 2.48.